The summed E-state index contributed by atoms with van der Waals surface area (Å²) in [4.78, 5) is 13.2. The summed E-state index contributed by atoms with van der Waals surface area (Å²) in [7, 11) is 0. The Labute approximate surface area is 186 Å². The molecular formula is C23H19FN4OS2. The highest BCUT2D eigenvalue weighted by molar-refractivity contribution is 7.98. The third-order valence-corrected chi connectivity index (χ3v) is 7.19. The van der Waals surface area contributed by atoms with Crippen LogP contribution in [0, 0.1) is 5.82 Å². The van der Waals surface area contributed by atoms with Gasteiger partial charge in [0, 0.05) is 12.3 Å². The zero-order chi connectivity index (χ0) is 21.4. The van der Waals surface area contributed by atoms with Crippen LogP contribution in [-0.2, 0) is 12.3 Å². The summed E-state index contributed by atoms with van der Waals surface area (Å²) in [6.07, 6.45) is 0. The number of nitrogens with zero attached hydrogens (tertiary/aromatic N) is 4. The van der Waals surface area contributed by atoms with E-state index in [0.717, 1.165) is 11.1 Å². The molecule has 0 bridgehead atoms. The van der Waals surface area contributed by atoms with Crippen LogP contribution in [0.3, 0.4) is 0 Å². The Morgan fingerprint density at radius 3 is 2.65 bits per heavy atom. The first-order valence-corrected chi connectivity index (χ1v) is 11.8. The molecule has 0 unspecified atom stereocenters. The van der Waals surface area contributed by atoms with Gasteiger partial charge in [-0.25, -0.2) is 4.39 Å². The van der Waals surface area contributed by atoms with E-state index in [-0.39, 0.29) is 17.3 Å². The van der Waals surface area contributed by atoms with Crippen molar-refractivity contribution in [2.24, 2.45) is 0 Å². The Balaban J connectivity index is 1.57. The molecule has 1 atom stereocenters. The second-order valence-electron chi connectivity index (χ2n) is 7.36. The topological polar surface area (TPSA) is 52.2 Å². The normalized spacial score (nSPS) is 12.6. The van der Waals surface area contributed by atoms with E-state index in [1.165, 1.54) is 29.2 Å². The monoisotopic (exact) mass is 450 g/mol. The number of fused-ring (bicyclic) bond motifs is 3. The molecule has 0 spiro atoms. The highest BCUT2D eigenvalue weighted by Crippen LogP contribution is 2.28. The van der Waals surface area contributed by atoms with E-state index in [1.54, 1.807) is 16.7 Å². The van der Waals surface area contributed by atoms with Crippen molar-refractivity contribution in [3.8, 4) is 0 Å². The van der Waals surface area contributed by atoms with Gasteiger partial charge >= 0.3 is 0 Å². The molecule has 0 aliphatic heterocycles. The second kappa shape index (κ2) is 8.28. The molecular weight excluding hydrogens is 431 g/mol. The SMILES string of the molecule is C[C@H](Cn1c(=O)c2sccc2n2c(SCc3ccccc3F)nnc12)c1ccccc1. The van der Waals surface area contributed by atoms with Crippen molar-refractivity contribution < 1.29 is 4.39 Å². The lowest BCUT2D eigenvalue weighted by molar-refractivity contribution is 0.588. The van der Waals surface area contributed by atoms with Crippen molar-refractivity contribution in [2.45, 2.75) is 30.3 Å². The molecule has 0 aliphatic rings. The van der Waals surface area contributed by atoms with Gasteiger partial charge in [-0.15, -0.1) is 21.5 Å². The minimum atomic E-state index is -0.238. The molecule has 0 fully saturated rings. The van der Waals surface area contributed by atoms with Crippen LogP contribution in [0.4, 0.5) is 4.39 Å². The average molecular weight is 451 g/mol. The van der Waals surface area contributed by atoms with Gasteiger partial charge in [0.05, 0.1) is 5.52 Å². The van der Waals surface area contributed by atoms with E-state index in [9.17, 15) is 9.18 Å². The van der Waals surface area contributed by atoms with E-state index in [1.807, 2.05) is 40.1 Å². The zero-order valence-electron chi connectivity index (χ0n) is 16.7. The largest absolute Gasteiger partial charge is 0.275 e. The van der Waals surface area contributed by atoms with Crippen LogP contribution in [0.15, 0.2) is 76.0 Å². The summed E-state index contributed by atoms with van der Waals surface area (Å²) in [5.41, 5.74) is 2.50. The van der Waals surface area contributed by atoms with Gasteiger partial charge in [-0.2, -0.15) is 0 Å². The van der Waals surface area contributed by atoms with Crippen LogP contribution in [0.1, 0.15) is 24.0 Å². The third kappa shape index (κ3) is 3.66. The van der Waals surface area contributed by atoms with E-state index in [2.05, 4.69) is 29.3 Å². The zero-order valence-corrected chi connectivity index (χ0v) is 18.4. The van der Waals surface area contributed by atoms with Crippen LogP contribution in [-0.4, -0.2) is 19.2 Å². The lowest BCUT2D eigenvalue weighted by Gasteiger charge is -2.15. The summed E-state index contributed by atoms with van der Waals surface area (Å²) in [6.45, 7) is 2.59. The fourth-order valence-electron chi connectivity index (χ4n) is 3.68. The predicted octanol–water partition coefficient (Wildman–Crippen LogP) is 5.34. The molecule has 5 aromatic rings. The van der Waals surface area contributed by atoms with Crippen molar-refractivity contribution in [2.75, 3.05) is 0 Å². The van der Waals surface area contributed by atoms with Gasteiger partial charge in [-0.3, -0.25) is 13.8 Å². The Morgan fingerprint density at radius 1 is 1.06 bits per heavy atom. The van der Waals surface area contributed by atoms with Gasteiger partial charge in [-0.1, -0.05) is 67.2 Å². The molecule has 156 valence electrons. The Bertz CT molecular complexity index is 1420. The Morgan fingerprint density at radius 2 is 1.84 bits per heavy atom. The molecule has 5 nitrogen and oxygen atoms in total. The summed E-state index contributed by atoms with van der Waals surface area (Å²) in [5.74, 6) is 0.831. The molecule has 0 amide bonds. The molecule has 0 radical (unpaired) electrons. The maximum Gasteiger partial charge on any atom is 0.272 e. The smallest absolute Gasteiger partial charge is 0.272 e. The van der Waals surface area contributed by atoms with Crippen LogP contribution in [0.5, 0.6) is 0 Å². The van der Waals surface area contributed by atoms with Crippen molar-refractivity contribution in [3.63, 3.8) is 0 Å². The number of thiophene rings is 1. The highest BCUT2D eigenvalue weighted by Gasteiger charge is 2.20. The lowest BCUT2D eigenvalue weighted by Crippen LogP contribution is -2.24. The van der Waals surface area contributed by atoms with Crippen molar-refractivity contribution >= 4 is 39.1 Å². The molecule has 8 heteroatoms. The number of hydrogen-bond acceptors (Lipinski definition) is 5. The van der Waals surface area contributed by atoms with Crippen molar-refractivity contribution in [1.29, 1.82) is 0 Å². The quantitative estimate of drug-likeness (QED) is 0.328. The first-order valence-electron chi connectivity index (χ1n) is 9.90. The highest BCUT2D eigenvalue weighted by atomic mass is 32.2. The first kappa shape index (κ1) is 20.0. The van der Waals surface area contributed by atoms with Gasteiger partial charge in [0.15, 0.2) is 5.16 Å². The van der Waals surface area contributed by atoms with E-state index in [0.29, 0.717) is 33.5 Å². The number of halogens is 1. The fraction of sp³-hybridized carbons (Fsp3) is 0.174. The maximum atomic E-state index is 14.1. The van der Waals surface area contributed by atoms with Crippen LogP contribution in [0.2, 0.25) is 0 Å². The molecule has 5 rings (SSSR count). The van der Waals surface area contributed by atoms with Crippen molar-refractivity contribution in [1.82, 2.24) is 19.2 Å². The van der Waals surface area contributed by atoms with Gasteiger partial charge < -0.3 is 0 Å². The van der Waals surface area contributed by atoms with Crippen LogP contribution >= 0.6 is 23.1 Å². The van der Waals surface area contributed by atoms with Crippen LogP contribution in [0.25, 0.3) is 16.0 Å². The lowest BCUT2D eigenvalue weighted by atomic mass is 10.0. The molecule has 3 heterocycles. The van der Waals surface area contributed by atoms with Crippen molar-refractivity contribution in [3.05, 3.63) is 93.3 Å². The molecule has 0 aliphatic carbocycles. The molecule has 3 aromatic heterocycles. The molecule has 31 heavy (non-hydrogen) atoms. The fourth-order valence-corrected chi connectivity index (χ4v) is 5.43. The summed E-state index contributed by atoms with van der Waals surface area (Å²) in [6, 6.07) is 18.7. The minimum absolute atomic E-state index is 0.0571. The number of benzene rings is 2. The standard InChI is InChI=1S/C23H19FN4OS2/c1-15(16-7-3-2-4-8-16)13-27-21(29)20-19(11-12-30-20)28-22(27)25-26-23(28)31-14-17-9-5-6-10-18(17)24/h2-12,15H,13-14H2,1H3/t15-/m1/s1. The predicted molar refractivity (Wildman–Crippen MR) is 123 cm³/mol. The molecule has 0 saturated heterocycles. The number of rotatable bonds is 6. The Kier molecular flexibility index (Phi) is 5.33. The third-order valence-electron chi connectivity index (χ3n) is 5.32. The summed E-state index contributed by atoms with van der Waals surface area (Å²) >= 11 is 2.83. The van der Waals surface area contributed by atoms with E-state index in [4.69, 9.17) is 0 Å². The van der Waals surface area contributed by atoms with Gasteiger partial charge in [0.2, 0.25) is 5.78 Å². The summed E-state index contributed by atoms with van der Waals surface area (Å²) in [5, 5.41) is 11.3. The minimum Gasteiger partial charge on any atom is -0.275 e. The maximum absolute atomic E-state index is 14.1. The Hall–Kier alpha value is -2.97. The average Bonchev–Trinajstić information content (AvgIpc) is 3.44. The molecule has 0 saturated carbocycles. The number of hydrogen-bond donors (Lipinski definition) is 0. The number of thioether (sulfide) groups is 1. The molecule has 0 N–H and O–H groups in total. The van der Waals surface area contributed by atoms with Gasteiger partial charge in [0.25, 0.3) is 5.56 Å². The second-order valence-corrected chi connectivity index (χ2v) is 9.22. The summed E-state index contributed by atoms with van der Waals surface area (Å²) < 4.78 is 18.3. The van der Waals surface area contributed by atoms with Gasteiger partial charge in [0.1, 0.15) is 10.5 Å². The molecule has 2 aromatic carbocycles. The van der Waals surface area contributed by atoms with E-state index >= 15 is 0 Å². The number of aromatic nitrogens is 4. The van der Waals surface area contributed by atoms with Gasteiger partial charge in [-0.05, 0) is 34.6 Å². The van der Waals surface area contributed by atoms with E-state index < -0.39 is 0 Å². The van der Waals surface area contributed by atoms with Crippen LogP contribution < -0.4 is 5.56 Å². The first-order chi connectivity index (χ1) is 15.1.